The van der Waals surface area contributed by atoms with Gasteiger partial charge in [0.25, 0.3) is 17.3 Å². The molecule has 0 saturated carbocycles. The van der Waals surface area contributed by atoms with Gasteiger partial charge in [0.2, 0.25) is 0 Å². The van der Waals surface area contributed by atoms with E-state index in [1.165, 1.54) is 33.1 Å². The molecule has 1 atom stereocenters. The molecular weight excluding hydrogens is 284 g/mol. The van der Waals surface area contributed by atoms with Crippen molar-refractivity contribution in [1.82, 2.24) is 5.48 Å². The molecule has 0 heterocycles. The van der Waals surface area contributed by atoms with E-state index >= 15 is 0 Å². The van der Waals surface area contributed by atoms with Gasteiger partial charge in [-0.25, -0.2) is 5.48 Å². The Bertz CT molecular complexity index is 553. The summed E-state index contributed by atoms with van der Waals surface area (Å²) in [5, 5.41) is 24.6. The van der Waals surface area contributed by atoms with Gasteiger partial charge in [0.05, 0.1) is 17.0 Å². The van der Waals surface area contributed by atoms with E-state index in [2.05, 4.69) is 10.2 Å². The maximum Gasteiger partial charge on any atom is 0.299 e. The number of anilines is 1. The number of hydrogen-bond donors (Lipinski definition) is 2. The minimum absolute atomic E-state index is 0.325. The Morgan fingerprint density at radius 1 is 1.24 bits per heavy atom. The molecule has 1 aromatic rings. The van der Waals surface area contributed by atoms with Crippen molar-refractivity contribution < 1.29 is 19.5 Å². The normalized spacial score (nSPS) is 11.6. The molecule has 0 fully saturated rings. The predicted molar refractivity (Wildman–Crippen MR) is 72.7 cm³/mol. The summed E-state index contributed by atoms with van der Waals surface area (Å²) in [5.74, 6) is -0.623. The van der Waals surface area contributed by atoms with Gasteiger partial charge in [0, 0.05) is 12.1 Å². The van der Waals surface area contributed by atoms with Crippen molar-refractivity contribution in [3.63, 3.8) is 0 Å². The number of carbonyl (C=O) groups is 1. The molecule has 0 aliphatic rings. The lowest BCUT2D eigenvalue weighted by molar-refractivity contribution is -0.392. The number of nitro benzene ring substituents is 2. The third-order valence-corrected chi connectivity index (χ3v) is 2.59. The minimum Gasteiger partial charge on any atom is -0.363 e. The van der Waals surface area contributed by atoms with Crippen molar-refractivity contribution in [3.8, 4) is 0 Å². The second-order valence-electron chi connectivity index (χ2n) is 4.23. The number of hydrogen-bond acceptors (Lipinski definition) is 7. The molecule has 1 rings (SSSR count). The Kier molecular flexibility index (Phi) is 5.13. The molecule has 10 heteroatoms. The zero-order chi connectivity index (χ0) is 16.2. The van der Waals surface area contributed by atoms with Crippen molar-refractivity contribution in [2.24, 2.45) is 0 Å². The van der Waals surface area contributed by atoms with Crippen molar-refractivity contribution in [2.75, 3.05) is 12.4 Å². The van der Waals surface area contributed by atoms with Gasteiger partial charge in [0.15, 0.2) is 5.69 Å². The summed E-state index contributed by atoms with van der Waals surface area (Å²) in [6, 6.07) is 1.41. The molecule has 0 spiro atoms. The quantitative estimate of drug-likeness (QED) is 0.596. The van der Waals surface area contributed by atoms with Crippen LogP contribution >= 0.6 is 0 Å². The van der Waals surface area contributed by atoms with E-state index in [0.717, 1.165) is 0 Å². The first-order valence-corrected chi connectivity index (χ1v) is 5.80. The number of amides is 1. The SMILES string of the molecule is CONC(=O)C(C)Nc1c([N+](=O)[O-])cc(C)cc1[N+](=O)[O-]. The molecule has 0 aliphatic heterocycles. The van der Waals surface area contributed by atoms with Gasteiger partial charge < -0.3 is 5.32 Å². The van der Waals surface area contributed by atoms with Crippen LogP contribution in [0.4, 0.5) is 17.1 Å². The fraction of sp³-hybridized carbons (Fsp3) is 0.364. The highest BCUT2D eigenvalue weighted by molar-refractivity contribution is 5.86. The topological polar surface area (TPSA) is 137 Å². The van der Waals surface area contributed by atoms with E-state index in [1.807, 2.05) is 5.48 Å². The number of rotatable bonds is 6. The van der Waals surface area contributed by atoms with Crippen LogP contribution in [-0.4, -0.2) is 28.9 Å². The number of nitrogens with zero attached hydrogens (tertiary/aromatic N) is 2. The van der Waals surface area contributed by atoms with Crippen LogP contribution in [0, 0.1) is 27.2 Å². The van der Waals surface area contributed by atoms with E-state index in [1.54, 1.807) is 0 Å². The molecule has 0 saturated heterocycles. The minimum atomic E-state index is -0.968. The number of benzene rings is 1. The zero-order valence-corrected chi connectivity index (χ0v) is 11.6. The molecule has 0 bridgehead atoms. The third-order valence-electron chi connectivity index (χ3n) is 2.59. The molecule has 2 N–H and O–H groups in total. The number of carbonyl (C=O) groups excluding carboxylic acids is 1. The van der Waals surface area contributed by atoms with E-state index in [9.17, 15) is 25.0 Å². The first kappa shape index (κ1) is 16.3. The monoisotopic (exact) mass is 298 g/mol. The van der Waals surface area contributed by atoms with Crippen LogP contribution in [0.5, 0.6) is 0 Å². The highest BCUT2D eigenvalue weighted by Crippen LogP contribution is 2.35. The first-order chi connectivity index (χ1) is 9.77. The molecule has 1 amide bonds. The fourth-order valence-corrected chi connectivity index (χ4v) is 1.66. The number of aryl methyl sites for hydroxylation is 1. The summed E-state index contributed by atoms with van der Waals surface area (Å²) in [7, 11) is 1.22. The molecule has 21 heavy (non-hydrogen) atoms. The highest BCUT2D eigenvalue weighted by atomic mass is 16.6. The lowest BCUT2D eigenvalue weighted by Crippen LogP contribution is -2.37. The van der Waals surface area contributed by atoms with E-state index in [-0.39, 0.29) is 5.69 Å². The standard InChI is InChI=1S/C11H14N4O6/c1-6-4-8(14(17)18)10(9(5-6)15(19)20)12-7(2)11(16)13-21-3/h4-5,7,12H,1-3H3,(H,13,16). The molecule has 114 valence electrons. The highest BCUT2D eigenvalue weighted by Gasteiger charge is 2.28. The summed E-state index contributed by atoms with van der Waals surface area (Å²) in [6.45, 7) is 2.90. The van der Waals surface area contributed by atoms with Gasteiger partial charge in [-0.2, -0.15) is 0 Å². The summed E-state index contributed by atoms with van der Waals surface area (Å²) >= 11 is 0. The number of nitrogens with one attached hydrogen (secondary N) is 2. The molecule has 1 aromatic carbocycles. The number of nitro groups is 2. The Hall–Kier alpha value is -2.75. The maximum absolute atomic E-state index is 11.5. The second-order valence-corrected chi connectivity index (χ2v) is 4.23. The molecule has 0 radical (unpaired) electrons. The van der Waals surface area contributed by atoms with Crippen LogP contribution in [0.15, 0.2) is 12.1 Å². The average molecular weight is 298 g/mol. The second kappa shape index (κ2) is 6.61. The van der Waals surface area contributed by atoms with Gasteiger partial charge in [-0.05, 0) is 19.4 Å². The lowest BCUT2D eigenvalue weighted by Gasteiger charge is -2.14. The Morgan fingerprint density at radius 2 is 1.71 bits per heavy atom. The van der Waals surface area contributed by atoms with Gasteiger partial charge in [-0.1, -0.05) is 0 Å². The Balaban J connectivity index is 3.28. The zero-order valence-electron chi connectivity index (χ0n) is 11.6. The van der Waals surface area contributed by atoms with Crippen molar-refractivity contribution in [1.29, 1.82) is 0 Å². The van der Waals surface area contributed by atoms with E-state index in [4.69, 9.17) is 0 Å². The van der Waals surface area contributed by atoms with Gasteiger partial charge in [0.1, 0.15) is 6.04 Å². The van der Waals surface area contributed by atoms with Crippen LogP contribution in [0.3, 0.4) is 0 Å². The summed E-state index contributed by atoms with van der Waals surface area (Å²) in [5.41, 5.74) is 1.13. The molecule has 0 aliphatic carbocycles. The van der Waals surface area contributed by atoms with Crippen LogP contribution in [0.25, 0.3) is 0 Å². The van der Waals surface area contributed by atoms with Crippen LogP contribution in [0.2, 0.25) is 0 Å². The summed E-state index contributed by atoms with van der Waals surface area (Å²) in [4.78, 5) is 36.6. The smallest absolute Gasteiger partial charge is 0.299 e. The van der Waals surface area contributed by atoms with E-state index in [0.29, 0.717) is 5.56 Å². The lowest BCUT2D eigenvalue weighted by atomic mass is 10.1. The molecule has 10 nitrogen and oxygen atoms in total. The predicted octanol–water partition coefficient (Wildman–Crippen LogP) is 1.29. The largest absolute Gasteiger partial charge is 0.363 e. The van der Waals surface area contributed by atoms with Crippen molar-refractivity contribution in [2.45, 2.75) is 19.9 Å². The molecular formula is C11H14N4O6. The van der Waals surface area contributed by atoms with Crippen molar-refractivity contribution >= 4 is 23.0 Å². The van der Waals surface area contributed by atoms with Crippen LogP contribution in [0.1, 0.15) is 12.5 Å². The fourth-order valence-electron chi connectivity index (χ4n) is 1.66. The number of hydroxylamine groups is 1. The average Bonchev–Trinajstić information content (AvgIpc) is 2.39. The Labute approximate surface area is 119 Å². The van der Waals surface area contributed by atoms with Crippen LogP contribution in [-0.2, 0) is 9.63 Å². The van der Waals surface area contributed by atoms with Gasteiger partial charge in [-0.15, -0.1) is 0 Å². The first-order valence-electron chi connectivity index (χ1n) is 5.80. The Morgan fingerprint density at radius 3 is 2.10 bits per heavy atom. The van der Waals surface area contributed by atoms with Crippen LogP contribution < -0.4 is 10.8 Å². The third kappa shape index (κ3) is 3.86. The maximum atomic E-state index is 11.5. The summed E-state index contributed by atoms with van der Waals surface area (Å²) < 4.78 is 0. The summed E-state index contributed by atoms with van der Waals surface area (Å²) in [6.07, 6.45) is 0. The van der Waals surface area contributed by atoms with Crippen molar-refractivity contribution in [3.05, 3.63) is 37.9 Å². The van der Waals surface area contributed by atoms with Gasteiger partial charge in [-0.3, -0.25) is 29.9 Å². The van der Waals surface area contributed by atoms with E-state index < -0.39 is 33.2 Å². The van der Waals surface area contributed by atoms with Gasteiger partial charge >= 0.3 is 0 Å². The molecule has 0 aromatic heterocycles. The molecule has 1 unspecified atom stereocenters.